The second-order valence-electron chi connectivity index (χ2n) is 6.22. The summed E-state index contributed by atoms with van der Waals surface area (Å²) in [6.07, 6.45) is 3.43. The van der Waals surface area contributed by atoms with Crippen LogP contribution < -0.4 is 10.6 Å². The smallest absolute Gasteiger partial charge is 0.257 e. The number of carbonyl (C=O) groups excluding carboxylic acids is 1. The SMILES string of the molecule is CCc1ccc(C(=O)NC(=S)NC2CN3CCC2CC3)cc1. The average molecular weight is 317 g/mol. The van der Waals surface area contributed by atoms with Gasteiger partial charge in [0.2, 0.25) is 0 Å². The summed E-state index contributed by atoms with van der Waals surface area (Å²) in [6.45, 7) is 5.53. The molecule has 4 rings (SSSR count). The Bertz CT molecular complexity index is 550. The summed E-state index contributed by atoms with van der Waals surface area (Å²) in [7, 11) is 0. The lowest BCUT2D eigenvalue weighted by atomic mass is 9.84. The molecule has 1 unspecified atom stereocenters. The molecule has 3 saturated heterocycles. The van der Waals surface area contributed by atoms with E-state index in [1.807, 2.05) is 24.3 Å². The fraction of sp³-hybridized carbons (Fsp3) is 0.529. The van der Waals surface area contributed by atoms with Crippen LogP contribution in [0.3, 0.4) is 0 Å². The van der Waals surface area contributed by atoms with E-state index in [1.54, 1.807) is 0 Å². The van der Waals surface area contributed by atoms with E-state index in [9.17, 15) is 4.79 Å². The van der Waals surface area contributed by atoms with Crippen LogP contribution in [0.4, 0.5) is 0 Å². The van der Waals surface area contributed by atoms with E-state index < -0.39 is 0 Å². The number of aryl methyl sites for hydroxylation is 1. The largest absolute Gasteiger partial charge is 0.358 e. The standard InChI is InChI=1S/C17H23N3OS/c1-2-12-3-5-14(6-4-12)16(21)19-17(22)18-15-11-20-9-7-13(15)8-10-20/h3-6,13,15H,2,7-11H2,1H3,(H2,18,19,21,22). The van der Waals surface area contributed by atoms with Crippen molar-refractivity contribution in [3.05, 3.63) is 35.4 Å². The highest BCUT2D eigenvalue weighted by Gasteiger charge is 2.34. The summed E-state index contributed by atoms with van der Waals surface area (Å²) < 4.78 is 0. The summed E-state index contributed by atoms with van der Waals surface area (Å²) >= 11 is 5.31. The molecule has 3 heterocycles. The van der Waals surface area contributed by atoms with E-state index in [4.69, 9.17) is 12.2 Å². The van der Waals surface area contributed by atoms with Crippen molar-refractivity contribution in [3.63, 3.8) is 0 Å². The first kappa shape index (κ1) is 15.4. The Hall–Kier alpha value is -1.46. The topological polar surface area (TPSA) is 44.4 Å². The van der Waals surface area contributed by atoms with Crippen molar-refractivity contribution in [2.45, 2.75) is 32.2 Å². The molecule has 0 aliphatic carbocycles. The van der Waals surface area contributed by atoms with Crippen LogP contribution in [0.25, 0.3) is 0 Å². The van der Waals surface area contributed by atoms with Gasteiger partial charge in [0.15, 0.2) is 5.11 Å². The number of thiocarbonyl (C=S) groups is 1. The zero-order valence-corrected chi connectivity index (χ0v) is 13.8. The van der Waals surface area contributed by atoms with Crippen LogP contribution in [-0.2, 0) is 6.42 Å². The highest BCUT2D eigenvalue weighted by molar-refractivity contribution is 7.80. The molecule has 1 aromatic rings. The number of hydrogen-bond acceptors (Lipinski definition) is 3. The van der Waals surface area contributed by atoms with Crippen molar-refractivity contribution in [3.8, 4) is 0 Å². The third-order valence-corrected chi connectivity index (χ3v) is 5.04. The Morgan fingerprint density at radius 3 is 2.50 bits per heavy atom. The third-order valence-electron chi connectivity index (χ3n) is 4.82. The van der Waals surface area contributed by atoms with Crippen LogP contribution >= 0.6 is 12.2 Å². The second kappa shape index (κ2) is 6.75. The van der Waals surface area contributed by atoms with Gasteiger partial charge in [0, 0.05) is 18.2 Å². The van der Waals surface area contributed by atoms with Crippen molar-refractivity contribution in [2.24, 2.45) is 5.92 Å². The molecule has 5 heteroatoms. The van der Waals surface area contributed by atoms with E-state index in [1.165, 1.54) is 31.5 Å². The Labute approximate surface area is 137 Å². The van der Waals surface area contributed by atoms with Crippen LogP contribution in [-0.4, -0.2) is 41.6 Å². The number of fused-ring (bicyclic) bond motifs is 3. The summed E-state index contributed by atoms with van der Waals surface area (Å²) in [5.41, 5.74) is 1.87. The monoisotopic (exact) mass is 317 g/mol. The molecule has 4 nitrogen and oxygen atoms in total. The molecule has 3 fully saturated rings. The van der Waals surface area contributed by atoms with Crippen molar-refractivity contribution in [1.82, 2.24) is 15.5 Å². The molecule has 0 saturated carbocycles. The van der Waals surface area contributed by atoms with Gasteiger partial charge in [-0.05, 0) is 68.2 Å². The van der Waals surface area contributed by atoms with Gasteiger partial charge in [-0.3, -0.25) is 10.1 Å². The minimum absolute atomic E-state index is 0.138. The van der Waals surface area contributed by atoms with E-state index in [-0.39, 0.29) is 5.91 Å². The number of nitrogens with one attached hydrogen (secondary N) is 2. The van der Waals surface area contributed by atoms with Crippen LogP contribution in [0.2, 0.25) is 0 Å². The lowest BCUT2D eigenvalue weighted by Gasteiger charge is -2.45. The molecule has 3 aliphatic rings. The molecule has 22 heavy (non-hydrogen) atoms. The zero-order chi connectivity index (χ0) is 15.5. The zero-order valence-electron chi connectivity index (χ0n) is 13.0. The molecule has 2 N–H and O–H groups in total. The molecule has 1 amide bonds. The van der Waals surface area contributed by atoms with Gasteiger partial charge in [0.1, 0.15) is 0 Å². The molecule has 1 aromatic carbocycles. The fourth-order valence-corrected chi connectivity index (χ4v) is 3.64. The van der Waals surface area contributed by atoms with Gasteiger partial charge in [0.25, 0.3) is 5.91 Å². The Morgan fingerprint density at radius 1 is 1.27 bits per heavy atom. The summed E-state index contributed by atoms with van der Waals surface area (Å²) in [5, 5.41) is 6.58. The van der Waals surface area contributed by atoms with E-state index in [2.05, 4.69) is 22.5 Å². The van der Waals surface area contributed by atoms with Crippen LogP contribution in [0.1, 0.15) is 35.7 Å². The van der Waals surface area contributed by atoms with Crippen molar-refractivity contribution < 1.29 is 4.79 Å². The number of rotatable bonds is 3. The van der Waals surface area contributed by atoms with Crippen molar-refractivity contribution >= 4 is 23.2 Å². The van der Waals surface area contributed by atoms with Gasteiger partial charge < -0.3 is 10.2 Å². The summed E-state index contributed by atoms with van der Waals surface area (Å²) in [5.74, 6) is 0.546. The molecule has 0 radical (unpaired) electrons. The molecule has 3 aliphatic heterocycles. The Balaban J connectivity index is 1.53. The number of benzene rings is 1. The first-order valence-electron chi connectivity index (χ1n) is 8.09. The predicted octanol–water partition coefficient (Wildman–Crippen LogP) is 1.95. The summed E-state index contributed by atoms with van der Waals surface area (Å²) in [4.78, 5) is 14.7. The quantitative estimate of drug-likeness (QED) is 0.837. The Morgan fingerprint density at radius 2 is 1.95 bits per heavy atom. The van der Waals surface area contributed by atoms with Gasteiger partial charge in [-0.15, -0.1) is 0 Å². The normalized spacial score (nSPS) is 26.5. The van der Waals surface area contributed by atoms with Crippen LogP contribution in [0, 0.1) is 5.92 Å². The molecule has 0 aromatic heterocycles. The third kappa shape index (κ3) is 3.47. The number of carbonyl (C=O) groups is 1. The Kier molecular flexibility index (Phi) is 4.74. The van der Waals surface area contributed by atoms with Gasteiger partial charge in [0.05, 0.1) is 0 Å². The number of piperidine rings is 3. The van der Waals surface area contributed by atoms with Crippen molar-refractivity contribution in [2.75, 3.05) is 19.6 Å². The average Bonchev–Trinajstić information content (AvgIpc) is 2.56. The minimum Gasteiger partial charge on any atom is -0.358 e. The molecular weight excluding hydrogens is 294 g/mol. The van der Waals surface area contributed by atoms with E-state index in [0.29, 0.717) is 22.6 Å². The fourth-order valence-electron chi connectivity index (χ4n) is 3.40. The predicted molar refractivity (Wildman–Crippen MR) is 92.0 cm³/mol. The highest BCUT2D eigenvalue weighted by Crippen LogP contribution is 2.27. The number of nitrogens with zero attached hydrogens (tertiary/aromatic N) is 1. The van der Waals surface area contributed by atoms with Gasteiger partial charge >= 0.3 is 0 Å². The van der Waals surface area contributed by atoms with Gasteiger partial charge in [-0.2, -0.15) is 0 Å². The van der Waals surface area contributed by atoms with E-state index in [0.717, 1.165) is 13.0 Å². The molecular formula is C17H23N3OS. The first-order valence-corrected chi connectivity index (χ1v) is 8.49. The number of amides is 1. The molecule has 0 spiro atoms. The molecule has 1 atom stereocenters. The van der Waals surface area contributed by atoms with Crippen LogP contribution in [0.5, 0.6) is 0 Å². The maximum atomic E-state index is 12.2. The second-order valence-corrected chi connectivity index (χ2v) is 6.63. The molecule has 2 bridgehead atoms. The van der Waals surface area contributed by atoms with Crippen molar-refractivity contribution in [1.29, 1.82) is 0 Å². The number of hydrogen-bond donors (Lipinski definition) is 2. The summed E-state index contributed by atoms with van der Waals surface area (Å²) in [6, 6.07) is 8.05. The van der Waals surface area contributed by atoms with Gasteiger partial charge in [-0.25, -0.2) is 0 Å². The lowest BCUT2D eigenvalue weighted by Crippen LogP contribution is -2.59. The van der Waals surface area contributed by atoms with Crippen LogP contribution in [0.15, 0.2) is 24.3 Å². The molecule has 118 valence electrons. The first-order chi connectivity index (χ1) is 10.7. The maximum absolute atomic E-state index is 12.2. The maximum Gasteiger partial charge on any atom is 0.257 e. The van der Waals surface area contributed by atoms with Gasteiger partial charge in [-0.1, -0.05) is 19.1 Å². The minimum atomic E-state index is -0.138. The van der Waals surface area contributed by atoms with E-state index >= 15 is 0 Å². The highest BCUT2D eigenvalue weighted by atomic mass is 32.1. The lowest BCUT2D eigenvalue weighted by molar-refractivity contribution is 0.0807.